The van der Waals surface area contributed by atoms with Crippen molar-refractivity contribution in [1.82, 2.24) is 20.4 Å². The topological polar surface area (TPSA) is 78.1 Å². The van der Waals surface area contributed by atoms with Crippen molar-refractivity contribution in [3.8, 4) is 0 Å². The minimum atomic E-state index is -0.0740. The fraction of sp³-hybridized carbons (Fsp3) is 0.476. The Balaban J connectivity index is 1.50. The van der Waals surface area contributed by atoms with Crippen LogP contribution in [0, 0.1) is 5.92 Å². The van der Waals surface area contributed by atoms with Gasteiger partial charge in [-0.25, -0.2) is 0 Å². The third-order valence-corrected chi connectivity index (χ3v) is 5.07. The smallest absolute Gasteiger partial charge is 0.274 e. The van der Waals surface area contributed by atoms with E-state index in [-0.39, 0.29) is 23.1 Å². The zero-order chi connectivity index (χ0) is 19.4. The molecule has 1 aliphatic heterocycles. The number of aromatic nitrogens is 2. The first kappa shape index (κ1) is 19.1. The summed E-state index contributed by atoms with van der Waals surface area (Å²) < 4.78 is 0. The zero-order valence-corrected chi connectivity index (χ0v) is 16.3. The van der Waals surface area contributed by atoms with Crippen LogP contribution in [0.2, 0.25) is 0 Å². The predicted octanol–water partition coefficient (Wildman–Crippen LogP) is 2.88. The van der Waals surface area contributed by atoms with Crippen LogP contribution in [0.4, 0.5) is 0 Å². The summed E-state index contributed by atoms with van der Waals surface area (Å²) >= 11 is 0. The van der Waals surface area contributed by atoms with Gasteiger partial charge < -0.3 is 10.2 Å². The number of carbonyl (C=O) groups is 2. The van der Waals surface area contributed by atoms with E-state index in [0.717, 1.165) is 11.3 Å². The molecule has 0 unspecified atom stereocenters. The molecule has 3 rings (SSSR count). The lowest BCUT2D eigenvalue weighted by atomic mass is 9.92. The highest BCUT2D eigenvalue weighted by Crippen LogP contribution is 2.23. The summed E-state index contributed by atoms with van der Waals surface area (Å²) in [6.45, 7) is 7.94. The van der Waals surface area contributed by atoms with E-state index in [1.165, 1.54) is 0 Å². The van der Waals surface area contributed by atoms with Crippen LogP contribution in [0.25, 0.3) is 0 Å². The number of nitrogens with zero attached hydrogens (tertiary/aromatic N) is 2. The Morgan fingerprint density at radius 3 is 2.44 bits per heavy atom. The number of nitrogens with one attached hydrogen (secondary N) is 2. The molecule has 2 amide bonds. The third-order valence-electron chi connectivity index (χ3n) is 5.07. The van der Waals surface area contributed by atoms with E-state index in [0.29, 0.717) is 38.2 Å². The molecule has 0 spiro atoms. The summed E-state index contributed by atoms with van der Waals surface area (Å²) in [5, 5.41) is 10.1. The number of carbonyl (C=O) groups excluding carboxylic acids is 2. The van der Waals surface area contributed by atoms with Gasteiger partial charge in [0, 0.05) is 36.7 Å². The zero-order valence-electron chi connectivity index (χ0n) is 16.3. The van der Waals surface area contributed by atoms with Crippen molar-refractivity contribution in [3.63, 3.8) is 0 Å². The van der Waals surface area contributed by atoms with Crippen LogP contribution in [0.5, 0.6) is 0 Å². The summed E-state index contributed by atoms with van der Waals surface area (Å²) in [5.41, 5.74) is 2.41. The molecular weight excluding hydrogens is 340 g/mol. The summed E-state index contributed by atoms with van der Waals surface area (Å²) in [6, 6.07) is 11.7. The van der Waals surface area contributed by atoms with Crippen LogP contribution < -0.4 is 5.32 Å². The van der Waals surface area contributed by atoms with Gasteiger partial charge in [0.25, 0.3) is 5.91 Å². The number of H-pyrrole nitrogens is 1. The third kappa shape index (κ3) is 4.76. The molecule has 1 fully saturated rings. The average Bonchev–Trinajstić information content (AvgIpc) is 3.17. The SMILES string of the molecule is CC(C)(C)c1cc(C(=O)N2CCC(C(=O)NCc3ccccc3)CC2)n[nH]1. The summed E-state index contributed by atoms with van der Waals surface area (Å²) in [4.78, 5) is 26.9. The van der Waals surface area contributed by atoms with Crippen LogP contribution >= 0.6 is 0 Å². The van der Waals surface area contributed by atoms with Crippen LogP contribution in [0.1, 0.15) is 55.4 Å². The molecule has 144 valence electrons. The lowest BCUT2D eigenvalue weighted by Gasteiger charge is -2.30. The van der Waals surface area contributed by atoms with E-state index in [9.17, 15) is 9.59 Å². The van der Waals surface area contributed by atoms with Crippen molar-refractivity contribution in [2.75, 3.05) is 13.1 Å². The van der Waals surface area contributed by atoms with E-state index in [2.05, 4.69) is 36.3 Å². The van der Waals surface area contributed by atoms with Gasteiger partial charge in [-0.15, -0.1) is 0 Å². The highest BCUT2D eigenvalue weighted by atomic mass is 16.2. The lowest BCUT2D eigenvalue weighted by Crippen LogP contribution is -2.43. The number of likely N-dealkylation sites (tertiary alicyclic amines) is 1. The number of hydrogen-bond donors (Lipinski definition) is 2. The van der Waals surface area contributed by atoms with Gasteiger partial charge in [0.1, 0.15) is 5.69 Å². The molecule has 0 bridgehead atoms. The van der Waals surface area contributed by atoms with Crippen LogP contribution in [0.15, 0.2) is 36.4 Å². The normalized spacial score (nSPS) is 15.6. The predicted molar refractivity (Wildman–Crippen MR) is 104 cm³/mol. The first-order chi connectivity index (χ1) is 12.8. The highest BCUT2D eigenvalue weighted by molar-refractivity contribution is 5.92. The second-order valence-corrected chi connectivity index (χ2v) is 8.19. The molecule has 0 radical (unpaired) electrons. The van der Waals surface area contributed by atoms with Crippen molar-refractivity contribution in [2.45, 2.75) is 45.6 Å². The number of hydrogen-bond acceptors (Lipinski definition) is 3. The molecule has 0 aliphatic carbocycles. The lowest BCUT2D eigenvalue weighted by molar-refractivity contribution is -0.126. The van der Waals surface area contributed by atoms with Crippen LogP contribution in [-0.4, -0.2) is 40.0 Å². The molecular formula is C21H28N4O2. The van der Waals surface area contributed by atoms with Gasteiger partial charge in [0.2, 0.25) is 5.91 Å². The molecule has 1 aromatic heterocycles. The fourth-order valence-electron chi connectivity index (χ4n) is 3.25. The largest absolute Gasteiger partial charge is 0.352 e. The standard InChI is InChI=1S/C21H28N4O2/c1-21(2,3)18-13-17(23-24-18)20(27)25-11-9-16(10-12-25)19(26)22-14-15-7-5-4-6-8-15/h4-8,13,16H,9-12,14H2,1-3H3,(H,22,26)(H,23,24). The average molecular weight is 368 g/mol. The molecule has 6 heteroatoms. The Morgan fingerprint density at radius 1 is 1.19 bits per heavy atom. The second-order valence-electron chi connectivity index (χ2n) is 8.19. The molecule has 1 aliphatic rings. The molecule has 1 aromatic carbocycles. The van der Waals surface area contributed by atoms with Crippen LogP contribution in [0.3, 0.4) is 0 Å². The Labute approximate surface area is 160 Å². The van der Waals surface area contributed by atoms with E-state index >= 15 is 0 Å². The molecule has 27 heavy (non-hydrogen) atoms. The Morgan fingerprint density at radius 2 is 1.85 bits per heavy atom. The summed E-state index contributed by atoms with van der Waals surface area (Å²) in [6.07, 6.45) is 1.37. The van der Waals surface area contributed by atoms with Gasteiger partial charge in [-0.3, -0.25) is 14.7 Å². The number of piperidine rings is 1. The maximum absolute atomic E-state index is 12.7. The number of amides is 2. The number of aromatic amines is 1. The highest BCUT2D eigenvalue weighted by Gasteiger charge is 2.29. The van der Waals surface area contributed by atoms with Crippen molar-refractivity contribution in [2.24, 2.45) is 5.92 Å². The maximum atomic E-state index is 12.7. The first-order valence-electron chi connectivity index (χ1n) is 9.51. The summed E-state index contributed by atoms with van der Waals surface area (Å²) in [7, 11) is 0. The van der Waals surface area contributed by atoms with Gasteiger partial charge >= 0.3 is 0 Å². The van der Waals surface area contributed by atoms with Crippen molar-refractivity contribution in [3.05, 3.63) is 53.3 Å². The van der Waals surface area contributed by atoms with E-state index in [1.807, 2.05) is 36.4 Å². The quantitative estimate of drug-likeness (QED) is 0.871. The first-order valence-corrected chi connectivity index (χ1v) is 9.51. The fourth-order valence-corrected chi connectivity index (χ4v) is 3.25. The molecule has 1 saturated heterocycles. The van der Waals surface area contributed by atoms with Gasteiger partial charge in [-0.1, -0.05) is 51.1 Å². The Kier molecular flexibility index (Phi) is 5.63. The second kappa shape index (κ2) is 7.94. The van der Waals surface area contributed by atoms with Gasteiger partial charge in [0.05, 0.1) is 0 Å². The van der Waals surface area contributed by atoms with Gasteiger partial charge in [-0.2, -0.15) is 5.10 Å². The molecule has 6 nitrogen and oxygen atoms in total. The molecule has 0 saturated carbocycles. The monoisotopic (exact) mass is 368 g/mol. The van der Waals surface area contributed by atoms with Crippen molar-refractivity contribution >= 4 is 11.8 Å². The van der Waals surface area contributed by atoms with Crippen molar-refractivity contribution < 1.29 is 9.59 Å². The molecule has 2 heterocycles. The van der Waals surface area contributed by atoms with Crippen molar-refractivity contribution in [1.29, 1.82) is 0 Å². The van der Waals surface area contributed by atoms with E-state index in [4.69, 9.17) is 0 Å². The molecule has 0 atom stereocenters. The van der Waals surface area contributed by atoms with Gasteiger partial charge in [0.15, 0.2) is 0 Å². The summed E-state index contributed by atoms with van der Waals surface area (Å²) in [5.74, 6) is -0.0345. The van der Waals surface area contributed by atoms with E-state index < -0.39 is 0 Å². The number of rotatable bonds is 4. The van der Waals surface area contributed by atoms with Gasteiger partial charge in [-0.05, 0) is 24.5 Å². The van der Waals surface area contributed by atoms with Crippen LogP contribution in [-0.2, 0) is 16.8 Å². The number of benzene rings is 1. The maximum Gasteiger partial charge on any atom is 0.274 e. The minimum Gasteiger partial charge on any atom is -0.352 e. The Hall–Kier alpha value is -2.63. The van der Waals surface area contributed by atoms with E-state index in [1.54, 1.807) is 4.90 Å². The molecule has 2 N–H and O–H groups in total. The Bertz CT molecular complexity index is 784. The minimum absolute atomic E-state index is 0.0397. The molecule has 2 aromatic rings.